The number of halogens is 2. The molecule has 10 heteroatoms. The summed E-state index contributed by atoms with van der Waals surface area (Å²) in [7, 11) is -3.38. The molecule has 3 aromatic rings. The van der Waals surface area contributed by atoms with Crippen LogP contribution in [0, 0.1) is 5.92 Å². The topological polar surface area (TPSA) is 89.0 Å². The van der Waals surface area contributed by atoms with Crippen LogP contribution in [0.3, 0.4) is 0 Å². The first-order chi connectivity index (χ1) is 14.7. The molecule has 0 bridgehead atoms. The minimum absolute atomic E-state index is 0.0669. The van der Waals surface area contributed by atoms with Crippen LogP contribution in [0.5, 0.6) is 0 Å². The fraction of sp³-hybridized carbons (Fsp3) is 0.381. The standard InChI is InChI=1S/C21H21F2N3O3S2/c1-31(28,29)14-6-4-13(5-7-14)15(9-12-10-16(22)17(23)11-12)19(27)26-21-25-18-3-2-8-24-20(18)30-21/h2-8,12,15-17H,9-11H2,1H3,(H,25,26,27)/t12?,15-,16?,17?/m1/s1. The Labute approximate surface area is 182 Å². The van der Waals surface area contributed by atoms with Crippen LogP contribution in [0.2, 0.25) is 0 Å². The van der Waals surface area contributed by atoms with Gasteiger partial charge >= 0.3 is 0 Å². The lowest BCUT2D eigenvalue weighted by Crippen LogP contribution is -2.23. The van der Waals surface area contributed by atoms with Crippen molar-refractivity contribution in [1.82, 2.24) is 9.97 Å². The van der Waals surface area contributed by atoms with Gasteiger partial charge in [0.15, 0.2) is 15.0 Å². The number of amides is 1. The number of alkyl halides is 2. The van der Waals surface area contributed by atoms with Gasteiger partial charge in [-0.2, -0.15) is 0 Å². The van der Waals surface area contributed by atoms with E-state index >= 15 is 0 Å². The number of nitrogens with zero attached hydrogens (tertiary/aromatic N) is 2. The lowest BCUT2D eigenvalue weighted by atomic mass is 9.87. The summed E-state index contributed by atoms with van der Waals surface area (Å²) in [6.07, 6.45) is 0.102. The van der Waals surface area contributed by atoms with Crippen molar-refractivity contribution < 1.29 is 22.0 Å². The van der Waals surface area contributed by atoms with Crippen molar-refractivity contribution in [3.05, 3.63) is 48.2 Å². The molecule has 0 saturated heterocycles. The van der Waals surface area contributed by atoms with E-state index in [0.29, 0.717) is 21.0 Å². The Morgan fingerprint density at radius 1 is 1.19 bits per heavy atom. The third-order valence-electron chi connectivity index (χ3n) is 5.50. The number of benzene rings is 1. The zero-order valence-electron chi connectivity index (χ0n) is 16.7. The minimum atomic E-state index is -3.38. The van der Waals surface area contributed by atoms with Crippen LogP contribution in [-0.2, 0) is 14.6 Å². The molecule has 1 aliphatic rings. The van der Waals surface area contributed by atoms with Crippen molar-refractivity contribution >= 4 is 42.6 Å². The third-order valence-corrected chi connectivity index (χ3v) is 7.53. The summed E-state index contributed by atoms with van der Waals surface area (Å²) < 4.78 is 50.9. The van der Waals surface area contributed by atoms with E-state index in [-0.39, 0.29) is 36.0 Å². The summed E-state index contributed by atoms with van der Waals surface area (Å²) in [5, 5.41) is 3.18. The smallest absolute Gasteiger partial charge is 0.233 e. The number of anilines is 1. The normalized spacial score (nSPS) is 22.5. The summed E-state index contributed by atoms with van der Waals surface area (Å²) in [5.74, 6) is -1.34. The van der Waals surface area contributed by atoms with Gasteiger partial charge in [-0.15, -0.1) is 0 Å². The van der Waals surface area contributed by atoms with Crippen molar-refractivity contribution in [3.8, 4) is 0 Å². The van der Waals surface area contributed by atoms with Gasteiger partial charge in [0, 0.05) is 12.5 Å². The second kappa shape index (κ2) is 8.58. The number of pyridine rings is 1. The first-order valence-corrected chi connectivity index (χ1v) is 12.5. The number of fused-ring (bicyclic) bond motifs is 1. The Morgan fingerprint density at radius 2 is 1.87 bits per heavy atom. The van der Waals surface area contributed by atoms with Crippen LogP contribution in [0.15, 0.2) is 47.5 Å². The predicted octanol–water partition coefficient (Wildman–Crippen LogP) is 4.29. The molecule has 2 aromatic heterocycles. The van der Waals surface area contributed by atoms with E-state index in [0.717, 1.165) is 6.26 Å². The van der Waals surface area contributed by atoms with Gasteiger partial charge in [0.05, 0.1) is 10.8 Å². The van der Waals surface area contributed by atoms with Gasteiger partial charge in [-0.05, 0) is 55.0 Å². The lowest BCUT2D eigenvalue weighted by molar-refractivity contribution is -0.118. The summed E-state index contributed by atoms with van der Waals surface area (Å²) in [6.45, 7) is 0. The molecule has 6 nitrogen and oxygen atoms in total. The maximum absolute atomic E-state index is 13.7. The first kappa shape index (κ1) is 21.8. The average Bonchev–Trinajstić information content (AvgIpc) is 3.27. The molecule has 0 aliphatic heterocycles. The largest absolute Gasteiger partial charge is 0.301 e. The Balaban J connectivity index is 1.60. The molecule has 3 atom stereocenters. The highest BCUT2D eigenvalue weighted by molar-refractivity contribution is 7.90. The quantitative estimate of drug-likeness (QED) is 0.587. The number of nitrogens with one attached hydrogen (secondary N) is 1. The van der Waals surface area contributed by atoms with Crippen LogP contribution in [-0.4, -0.2) is 42.9 Å². The van der Waals surface area contributed by atoms with E-state index in [2.05, 4.69) is 15.3 Å². The second-order valence-electron chi connectivity index (χ2n) is 7.83. The molecule has 164 valence electrons. The van der Waals surface area contributed by atoms with Gasteiger partial charge in [-0.1, -0.05) is 23.5 Å². The number of hydrogen-bond donors (Lipinski definition) is 1. The Kier molecular flexibility index (Phi) is 6.02. The number of hydrogen-bond acceptors (Lipinski definition) is 6. The number of carbonyl (C=O) groups excluding carboxylic acids is 1. The number of sulfone groups is 1. The van der Waals surface area contributed by atoms with Gasteiger partial charge in [0.2, 0.25) is 5.91 Å². The highest BCUT2D eigenvalue weighted by Crippen LogP contribution is 2.38. The van der Waals surface area contributed by atoms with Gasteiger partial charge < -0.3 is 5.32 Å². The summed E-state index contributed by atoms with van der Waals surface area (Å²) in [4.78, 5) is 22.5. The van der Waals surface area contributed by atoms with E-state index in [1.807, 2.05) is 0 Å². The van der Waals surface area contributed by atoms with Crippen molar-refractivity contribution in [2.45, 2.75) is 42.4 Å². The molecule has 2 unspecified atom stereocenters. The highest BCUT2D eigenvalue weighted by Gasteiger charge is 2.37. The molecule has 1 amide bonds. The molecular weight excluding hydrogens is 444 g/mol. The molecule has 2 heterocycles. The van der Waals surface area contributed by atoms with Crippen LogP contribution in [0.25, 0.3) is 10.3 Å². The van der Waals surface area contributed by atoms with E-state index < -0.39 is 28.1 Å². The Morgan fingerprint density at radius 3 is 2.48 bits per heavy atom. The van der Waals surface area contributed by atoms with Crippen LogP contribution in [0.4, 0.5) is 13.9 Å². The molecule has 1 fully saturated rings. The monoisotopic (exact) mass is 465 g/mol. The maximum Gasteiger partial charge on any atom is 0.233 e. The van der Waals surface area contributed by atoms with Crippen molar-refractivity contribution in [2.24, 2.45) is 5.92 Å². The van der Waals surface area contributed by atoms with Crippen molar-refractivity contribution in [1.29, 1.82) is 0 Å². The fourth-order valence-electron chi connectivity index (χ4n) is 3.91. The first-order valence-electron chi connectivity index (χ1n) is 9.81. The fourth-order valence-corrected chi connectivity index (χ4v) is 5.35. The molecule has 0 spiro atoms. The highest BCUT2D eigenvalue weighted by atomic mass is 32.2. The SMILES string of the molecule is CS(=O)(=O)c1ccc([C@@H](CC2CC(F)C(F)C2)C(=O)Nc2nc3cccnc3s2)cc1. The molecule has 1 aliphatic carbocycles. The van der Waals surface area contributed by atoms with Gasteiger partial charge in [0.1, 0.15) is 22.7 Å². The van der Waals surface area contributed by atoms with Crippen molar-refractivity contribution in [2.75, 3.05) is 11.6 Å². The molecule has 1 saturated carbocycles. The molecule has 4 rings (SSSR count). The van der Waals surface area contributed by atoms with E-state index in [1.165, 1.54) is 23.5 Å². The van der Waals surface area contributed by atoms with E-state index in [9.17, 15) is 22.0 Å². The van der Waals surface area contributed by atoms with Gasteiger partial charge in [0.25, 0.3) is 0 Å². The zero-order valence-corrected chi connectivity index (χ0v) is 18.3. The average molecular weight is 466 g/mol. The summed E-state index contributed by atoms with van der Waals surface area (Å²) in [5.41, 5.74) is 1.25. The van der Waals surface area contributed by atoms with Crippen LogP contribution < -0.4 is 5.32 Å². The Hall–Kier alpha value is -2.46. The zero-order chi connectivity index (χ0) is 22.2. The number of rotatable bonds is 6. The summed E-state index contributed by atoms with van der Waals surface area (Å²) >= 11 is 1.23. The second-order valence-corrected chi connectivity index (χ2v) is 10.8. The number of thiazole rings is 1. The maximum atomic E-state index is 13.7. The van der Waals surface area contributed by atoms with E-state index in [4.69, 9.17) is 0 Å². The number of carbonyl (C=O) groups is 1. The van der Waals surface area contributed by atoms with Crippen LogP contribution in [0.1, 0.15) is 30.7 Å². The third kappa shape index (κ3) is 4.90. The Bertz CT molecular complexity index is 1160. The van der Waals surface area contributed by atoms with Gasteiger partial charge in [-0.3, -0.25) is 4.79 Å². The predicted molar refractivity (Wildman–Crippen MR) is 115 cm³/mol. The molecular formula is C21H21F2N3O3S2. The molecule has 1 N–H and O–H groups in total. The molecule has 31 heavy (non-hydrogen) atoms. The minimum Gasteiger partial charge on any atom is -0.301 e. The lowest BCUT2D eigenvalue weighted by Gasteiger charge is -2.20. The number of aromatic nitrogens is 2. The van der Waals surface area contributed by atoms with E-state index in [1.54, 1.807) is 30.5 Å². The summed E-state index contributed by atoms with van der Waals surface area (Å²) in [6, 6.07) is 9.58. The molecule has 1 aromatic carbocycles. The van der Waals surface area contributed by atoms with Crippen molar-refractivity contribution in [3.63, 3.8) is 0 Å². The van der Waals surface area contributed by atoms with Crippen LogP contribution >= 0.6 is 11.3 Å². The molecule has 0 radical (unpaired) electrons. The van der Waals surface area contributed by atoms with Gasteiger partial charge in [-0.25, -0.2) is 27.2 Å².